The fourth-order valence-electron chi connectivity index (χ4n) is 2.94. The Hall–Kier alpha value is -1.58. The SMILES string of the molecule is CCCNc1cccc(C(=O)NC2CCCC(C)C2C)n1. The molecule has 4 nitrogen and oxygen atoms in total. The van der Waals surface area contributed by atoms with E-state index >= 15 is 0 Å². The first-order valence-electron chi connectivity index (χ1n) is 8.13. The van der Waals surface area contributed by atoms with Gasteiger partial charge in [0.15, 0.2) is 0 Å². The van der Waals surface area contributed by atoms with Crippen molar-refractivity contribution in [2.45, 2.75) is 52.5 Å². The summed E-state index contributed by atoms with van der Waals surface area (Å²) in [5, 5.41) is 6.39. The van der Waals surface area contributed by atoms with Gasteiger partial charge in [-0.05, 0) is 36.8 Å². The maximum atomic E-state index is 12.4. The number of anilines is 1. The monoisotopic (exact) mass is 289 g/mol. The lowest BCUT2D eigenvalue weighted by Gasteiger charge is -2.34. The smallest absolute Gasteiger partial charge is 0.270 e. The Morgan fingerprint density at radius 3 is 2.90 bits per heavy atom. The van der Waals surface area contributed by atoms with Crippen molar-refractivity contribution in [3.8, 4) is 0 Å². The molecule has 3 unspecified atom stereocenters. The second-order valence-electron chi connectivity index (χ2n) is 6.18. The lowest BCUT2D eigenvalue weighted by Crippen LogP contribution is -2.43. The van der Waals surface area contributed by atoms with Crippen molar-refractivity contribution >= 4 is 11.7 Å². The van der Waals surface area contributed by atoms with Gasteiger partial charge in [-0.3, -0.25) is 4.79 Å². The van der Waals surface area contributed by atoms with E-state index in [2.05, 4.69) is 36.4 Å². The number of carbonyl (C=O) groups excluding carboxylic acids is 1. The highest BCUT2D eigenvalue weighted by Crippen LogP contribution is 2.29. The normalized spacial score (nSPS) is 25.4. The summed E-state index contributed by atoms with van der Waals surface area (Å²) in [6, 6.07) is 5.84. The first-order valence-corrected chi connectivity index (χ1v) is 8.13. The fourth-order valence-corrected chi connectivity index (χ4v) is 2.94. The standard InChI is InChI=1S/C17H27N3O/c1-4-11-18-16-10-6-9-15(19-16)17(21)20-14-8-5-7-12(2)13(14)3/h6,9-10,12-14H,4-5,7-8,11H2,1-3H3,(H,18,19)(H,20,21). The van der Waals surface area contributed by atoms with Gasteiger partial charge in [-0.15, -0.1) is 0 Å². The summed E-state index contributed by atoms with van der Waals surface area (Å²) in [6.07, 6.45) is 4.57. The van der Waals surface area contributed by atoms with Crippen LogP contribution in [0.3, 0.4) is 0 Å². The summed E-state index contributed by atoms with van der Waals surface area (Å²) < 4.78 is 0. The summed E-state index contributed by atoms with van der Waals surface area (Å²) >= 11 is 0. The van der Waals surface area contributed by atoms with Crippen molar-refractivity contribution in [2.24, 2.45) is 11.8 Å². The lowest BCUT2D eigenvalue weighted by atomic mass is 9.78. The van der Waals surface area contributed by atoms with E-state index < -0.39 is 0 Å². The van der Waals surface area contributed by atoms with Gasteiger partial charge in [-0.25, -0.2) is 4.98 Å². The second kappa shape index (κ2) is 7.43. The topological polar surface area (TPSA) is 54.0 Å². The molecule has 1 aliphatic carbocycles. The van der Waals surface area contributed by atoms with Crippen molar-refractivity contribution in [1.29, 1.82) is 0 Å². The summed E-state index contributed by atoms with van der Waals surface area (Å²) in [4.78, 5) is 16.8. The molecular weight excluding hydrogens is 262 g/mol. The second-order valence-corrected chi connectivity index (χ2v) is 6.18. The Bertz CT molecular complexity index is 475. The first kappa shape index (κ1) is 15.8. The number of amides is 1. The Morgan fingerprint density at radius 2 is 2.14 bits per heavy atom. The van der Waals surface area contributed by atoms with Crippen LogP contribution in [-0.2, 0) is 0 Å². The van der Waals surface area contributed by atoms with E-state index in [1.165, 1.54) is 12.8 Å². The van der Waals surface area contributed by atoms with Gasteiger partial charge in [0.2, 0.25) is 0 Å². The predicted molar refractivity (Wildman–Crippen MR) is 86.5 cm³/mol. The van der Waals surface area contributed by atoms with Crippen LogP contribution in [0.25, 0.3) is 0 Å². The predicted octanol–water partition coefficient (Wildman–Crippen LogP) is 3.46. The Morgan fingerprint density at radius 1 is 1.33 bits per heavy atom. The number of pyridine rings is 1. The molecule has 1 aliphatic rings. The molecule has 116 valence electrons. The number of nitrogens with one attached hydrogen (secondary N) is 2. The molecule has 1 heterocycles. The van der Waals surface area contributed by atoms with E-state index in [-0.39, 0.29) is 11.9 Å². The van der Waals surface area contributed by atoms with Crippen molar-refractivity contribution < 1.29 is 4.79 Å². The van der Waals surface area contributed by atoms with Gasteiger partial charge in [-0.1, -0.05) is 39.7 Å². The molecule has 0 saturated heterocycles. The zero-order chi connectivity index (χ0) is 15.2. The lowest BCUT2D eigenvalue weighted by molar-refractivity contribution is 0.0886. The van der Waals surface area contributed by atoms with Gasteiger partial charge in [0.25, 0.3) is 5.91 Å². The molecular formula is C17H27N3O. The van der Waals surface area contributed by atoms with Gasteiger partial charge in [-0.2, -0.15) is 0 Å². The van der Waals surface area contributed by atoms with E-state index in [1.807, 2.05) is 12.1 Å². The van der Waals surface area contributed by atoms with Gasteiger partial charge in [0.05, 0.1) is 0 Å². The molecule has 21 heavy (non-hydrogen) atoms. The molecule has 4 heteroatoms. The third-order valence-electron chi connectivity index (χ3n) is 4.56. The fraction of sp³-hybridized carbons (Fsp3) is 0.647. The van der Waals surface area contributed by atoms with Gasteiger partial charge >= 0.3 is 0 Å². The van der Waals surface area contributed by atoms with Crippen molar-refractivity contribution in [2.75, 3.05) is 11.9 Å². The molecule has 1 aromatic rings. The molecule has 0 aromatic carbocycles. The minimum atomic E-state index is -0.0545. The Balaban J connectivity index is 1.99. The Kier molecular flexibility index (Phi) is 5.59. The molecule has 2 rings (SSSR count). The summed E-state index contributed by atoms with van der Waals surface area (Å²) in [6.45, 7) is 7.49. The van der Waals surface area contributed by atoms with Crippen LogP contribution in [0.5, 0.6) is 0 Å². The zero-order valence-electron chi connectivity index (χ0n) is 13.4. The maximum Gasteiger partial charge on any atom is 0.270 e. The van der Waals surface area contributed by atoms with Crippen LogP contribution < -0.4 is 10.6 Å². The minimum absolute atomic E-state index is 0.0545. The van der Waals surface area contributed by atoms with Crippen molar-refractivity contribution in [3.05, 3.63) is 23.9 Å². The maximum absolute atomic E-state index is 12.4. The zero-order valence-corrected chi connectivity index (χ0v) is 13.4. The van der Waals surface area contributed by atoms with E-state index in [0.717, 1.165) is 25.2 Å². The van der Waals surface area contributed by atoms with E-state index in [4.69, 9.17) is 0 Å². The van der Waals surface area contributed by atoms with Crippen LogP contribution in [-0.4, -0.2) is 23.5 Å². The highest BCUT2D eigenvalue weighted by molar-refractivity contribution is 5.92. The molecule has 0 spiro atoms. The van der Waals surface area contributed by atoms with E-state index in [1.54, 1.807) is 6.07 Å². The summed E-state index contributed by atoms with van der Waals surface area (Å²) in [7, 11) is 0. The average Bonchev–Trinajstić information content (AvgIpc) is 2.50. The van der Waals surface area contributed by atoms with Crippen molar-refractivity contribution in [1.82, 2.24) is 10.3 Å². The van der Waals surface area contributed by atoms with Gasteiger partial charge in [0.1, 0.15) is 11.5 Å². The number of rotatable bonds is 5. The summed E-state index contributed by atoms with van der Waals surface area (Å²) in [5.41, 5.74) is 0.501. The van der Waals surface area contributed by atoms with Crippen molar-refractivity contribution in [3.63, 3.8) is 0 Å². The molecule has 1 aromatic heterocycles. The number of hydrogen-bond donors (Lipinski definition) is 2. The van der Waals surface area contributed by atoms with E-state index in [0.29, 0.717) is 17.5 Å². The quantitative estimate of drug-likeness (QED) is 0.873. The average molecular weight is 289 g/mol. The third kappa shape index (κ3) is 4.19. The molecule has 0 bridgehead atoms. The summed E-state index contributed by atoms with van der Waals surface area (Å²) in [5.74, 6) is 1.93. The van der Waals surface area contributed by atoms with Crippen LogP contribution in [0.2, 0.25) is 0 Å². The van der Waals surface area contributed by atoms with Crippen LogP contribution in [0.1, 0.15) is 56.9 Å². The number of nitrogens with zero attached hydrogens (tertiary/aromatic N) is 1. The number of carbonyl (C=O) groups is 1. The molecule has 3 atom stereocenters. The Labute approximate surface area is 127 Å². The molecule has 2 N–H and O–H groups in total. The van der Waals surface area contributed by atoms with Gasteiger partial charge in [0, 0.05) is 12.6 Å². The highest BCUT2D eigenvalue weighted by atomic mass is 16.1. The molecule has 1 amide bonds. The largest absolute Gasteiger partial charge is 0.370 e. The molecule has 1 saturated carbocycles. The van der Waals surface area contributed by atoms with Crippen LogP contribution in [0.4, 0.5) is 5.82 Å². The van der Waals surface area contributed by atoms with Crippen LogP contribution in [0.15, 0.2) is 18.2 Å². The molecule has 0 aliphatic heterocycles. The molecule has 0 radical (unpaired) electrons. The van der Waals surface area contributed by atoms with Crippen LogP contribution in [0, 0.1) is 11.8 Å². The van der Waals surface area contributed by atoms with E-state index in [9.17, 15) is 4.79 Å². The third-order valence-corrected chi connectivity index (χ3v) is 4.56. The van der Waals surface area contributed by atoms with Crippen LogP contribution >= 0.6 is 0 Å². The number of aromatic nitrogens is 1. The minimum Gasteiger partial charge on any atom is -0.370 e. The highest BCUT2D eigenvalue weighted by Gasteiger charge is 2.28. The molecule has 1 fully saturated rings. The van der Waals surface area contributed by atoms with Gasteiger partial charge < -0.3 is 10.6 Å². The number of hydrogen-bond acceptors (Lipinski definition) is 3. The first-order chi connectivity index (χ1) is 10.1.